The summed E-state index contributed by atoms with van der Waals surface area (Å²) in [6, 6.07) is 8.13. The molecule has 2 rings (SSSR count). The molecule has 19 heavy (non-hydrogen) atoms. The van der Waals surface area contributed by atoms with Crippen molar-refractivity contribution in [3.8, 4) is 0 Å². The molecule has 2 aromatic rings. The van der Waals surface area contributed by atoms with Crippen molar-refractivity contribution in [2.45, 2.75) is 20.3 Å². The molecule has 3 nitrogen and oxygen atoms in total. The van der Waals surface area contributed by atoms with Gasteiger partial charge in [0.05, 0.1) is 12.3 Å². The van der Waals surface area contributed by atoms with Crippen molar-refractivity contribution >= 4 is 33.2 Å². The summed E-state index contributed by atoms with van der Waals surface area (Å²) in [7, 11) is 0. The fourth-order valence-electron chi connectivity index (χ4n) is 1.70. The van der Waals surface area contributed by atoms with Gasteiger partial charge in [0.1, 0.15) is 0 Å². The van der Waals surface area contributed by atoms with E-state index in [0.29, 0.717) is 11.6 Å². The van der Waals surface area contributed by atoms with Gasteiger partial charge >= 0.3 is 5.97 Å². The molecule has 1 aromatic heterocycles. The SMILES string of the molecule is CCOC(=O)c1nc(C)c(Cc2cccc(Br)c2)s1. The quantitative estimate of drug-likeness (QED) is 0.791. The zero-order chi connectivity index (χ0) is 13.8. The second kappa shape index (κ2) is 6.30. The Morgan fingerprint density at radius 1 is 1.47 bits per heavy atom. The predicted octanol–water partition coefficient (Wildman–Crippen LogP) is 3.98. The fraction of sp³-hybridized carbons (Fsp3) is 0.286. The molecule has 0 unspecified atom stereocenters. The van der Waals surface area contributed by atoms with E-state index in [1.165, 1.54) is 16.9 Å². The van der Waals surface area contributed by atoms with Crippen molar-refractivity contribution in [2.24, 2.45) is 0 Å². The van der Waals surface area contributed by atoms with Crippen LogP contribution in [0.15, 0.2) is 28.7 Å². The van der Waals surface area contributed by atoms with Crippen molar-refractivity contribution in [1.29, 1.82) is 0 Å². The number of hydrogen-bond acceptors (Lipinski definition) is 4. The van der Waals surface area contributed by atoms with E-state index in [0.717, 1.165) is 21.5 Å². The molecule has 5 heteroatoms. The molecule has 1 heterocycles. The van der Waals surface area contributed by atoms with E-state index in [9.17, 15) is 4.79 Å². The van der Waals surface area contributed by atoms with E-state index in [1.807, 2.05) is 19.1 Å². The lowest BCUT2D eigenvalue weighted by atomic mass is 10.1. The summed E-state index contributed by atoms with van der Waals surface area (Å²) in [5.41, 5.74) is 2.09. The molecule has 100 valence electrons. The Labute approximate surface area is 124 Å². The first-order chi connectivity index (χ1) is 9.10. The largest absolute Gasteiger partial charge is 0.461 e. The van der Waals surface area contributed by atoms with E-state index < -0.39 is 0 Å². The third-order valence-corrected chi connectivity index (χ3v) is 4.23. The summed E-state index contributed by atoms with van der Waals surface area (Å²) in [5.74, 6) is -0.337. The van der Waals surface area contributed by atoms with Crippen LogP contribution in [0.4, 0.5) is 0 Å². The monoisotopic (exact) mass is 339 g/mol. The van der Waals surface area contributed by atoms with Crippen molar-refractivity contribution in [1.82, 2.24) is 4.98 Å². The first kappa shape index (κ1) is 14.2. The number of thiazole rings is 1. The summed E-state index contributed by atoms with van der Waals surface area (Å²) >= 11 is 4.86. The summed E-state index contributed by atoms with van der Waals surface area (Å²) < 4.78 is 6.02. The van der Waals surface area contributed by atoms with Crippen LogP contribution in [-0.2, 0) is 11.2 Å². The Morgan fingerprint density at radius 3 is 2.95 bits per heavy atom. The number of ether oxygens (including phenoxy) is 1. The van der Waals surface area contributed by atoms with E-state index in [1.54, 1.807) is 6.92 Å². The van der Waals surface area contributed by atoms with Gasteiger partial charge in [0.15, 0.2) is 0 Å². The van der Waals surface area contributed by atoms with Crippen LogP contribution in [0, 0.1) is 6.92 Å². The van der Waals surface area contributed by atoms with E-state index in [4.69, 9.17) is 4.74 Å². The summed E-state index contributed by atoms with van der Waals surface area (Å²) in [6.07, 6.45) is 0.780. The number of esters is 1. The molecule has 0 aliphatic rings. The molecule has 0 bridgehead atoms. The zero-order valence-electron chi connectivity index (χ0n) is 10.8. The Morgan fingerprint density at radius 2 is 2.26 bits per heavy atom. The number of halogens is 1. The van der Waals surface area contributed by atoms with Gasteiger partial charge in [-0.15, -0.1) is 11.3 Å². The van der Waals surface area contributed by atoms with Gasteiger partial charge in [-0.05, 0) is 31.5 Å². The topological polar surface area (TPSA) is 39.2 Å². The van der Waals surface area contributed by atoms with Crippen LogP contribution in [-0.4, -0.2) is 17.6 Å². The maximum Gasteiger partial charge on any atom is 0.367 e. The van der Waals surface area contributed by atoms with Crippen molar-refractivity contribution in [3.63, 3.8) is 0 Å². The van der Waals surface area contributed by atoms with Crippen LogP contribution >= 0.6 is 27.3 Å². The van der Waals surface area contributed by atoms with Gasteiger partial charge in [-0.25, -0.2) is 9.78 Å². The number of nitrogens with zero attached hydrogens (tertiary/aromatic N) is 1. The van der Waals surface area contributed by atoms with Crippen LogP contribution in [0.5, 0.6) is 0 Å². The highest BCUT2D eigenvalue weighted by atomic mass is 79.9. The van der Waals surface area contributed by atoms with Crippen LogP contribution in [0.3, 0.4) is 0 Å². The Kier molecular flexibility index (Phi) is 4.71. The average molecular weight is 340 g/mol. The molecule has 0 fully saturated rings. The highest BCUT2D eigenvalue weighted by Crippen LogP contribution is 2.23. The third-order valence-electron chi connectivity index (χ3n) is 2.60. The molecular formula is C14H14BrNO2S. The number of aryl methyl sites for hydroxylation is 1. The van der Waals surface area contributed by atoms with Crippen LogP contribution in [0.2, 0.25) is 0 Å². The lowest BCUT2D eigenvalue weighted by molar-refractivity contribution is 0.0526. The van der Waals surface area contributed by atoms with Crippen molar-refractivity contribution in [2.75, 3.05) is 6.61 Å². The number of benzene rings is 1. The highest BCUT2D eigenvalue weighted by molar-refractivity contribution is 9.10. The minimum absolute atomic E-state index is 0.337. The average Bonchev–Trinajstić information content (AvgIpc) is 2.71. The number of aromatic nitrogens is 1. The predicted molar refractivity (Wildman–Crippen MR) is 79.8 cm³/mol. The summed E-state index contributed by atoms with van der Waals surface area (Å²) in [6.45, 7) is 4.09. The first-order valence-electron chi connectivity index (χ1n) is 5.98. The minimum Gasteiger partial charge on any atom is -0.461 e. The van der Waals surface area contributed by atoms with Crippen molar-refractivity contribution < 1.29 is 9.53 Å². The highest BCUT2D eigenvalue weighted by Gasteiger charge is 2.15. The van der Waals surface area contributed by atoms with Crippen LogP contribution in [0.25, 0.3) is 0 Å². The number of carbonyl (C=O) groups excluding carboxylic acids is 1. The fourth-order valence-corrected chi connectivity index (χ4v) is 3.14. The Balaban J connectivity index is 2.19. The molecule has 0 aliphatic carbocycles. The molecule has 0 aliphatic heterocycles. The van der Waals surface area contributed by atoms with E-state index >= 15 is 0 Å². The van der Waals surface area contributed by atoms with Crippen LogP contribution in [0.1, 0.15) is 32.9 Å². The number of hydrogen-bond donors (Lipinski definition) is 0. The number of carbonyl (C=O) groups is 1. The molecular weight excluding hydrogens is 326 g/mol. The maximum absolute atomic E-state index is 11.6. The molecule has 0 saturated carbocycles. The molecule has 0 radical (unpaired) electrons. The standard InChI is InChI=1S/C14H14BrNO2S/c1-3-18-14(17)13-16-9(2)12(19-13)8-10-5-4-6-11(15)7-10/h4-7H,3,8H2,1-2H3. The van der Waals surface area contributed by atoms with Crippen LogP contribution < -0.4 is 0 Å². The molecule has 0 N–H and O–H groups in total. The second-order valence-electron chi connectivity index (χ2n) is 4.05. The zero-order valence-corrected chi connectivity index (χ0v) is 13.2. The summed E-state index contributed by atoms with van der Waals surface area (Å²) in [5, 5.41) is 0.435. The minimum atomic E-state index is -0.337. The molecule has 0 atom stereocenters. The Hall–Kier alpha value is -1.20. The summed E-state index contributed by atoms with van der Waals surface area (Å²) in [4.78, 5) is 17.0. The van der Waals surface area contributed by atoms with Gasteiger partial charge in [0.2, 0.25) is 5.01 Å². The molecule has 0 spiro atoms. The number of rotatable bonds is 4. The molecule has 0 amide bonds. The van der Waals surface area contributed by atoms with Gasteiger partial charge in [0.25, 0.3) is 0 Å². The third kappa shape index (κ3) is 3.64. The van der Waals surface area contributed by atoms with Gasteiger partial charge < -0.3 is 4.74 Å². The van der Waals surface area contributed by atoms with E-state index in [-0.39, 0.29) is 5.97 Å². The maximum atomic E-state index is 11.6. The Bertz CT molecular complexity index is 595. The van der Waals surface area contributed by atoms with Gasteiger partial charge in [-0.3, -0.25) is 0 Å². The molecule has 1 aromatic carbocycles. The van der Waals surface area contributed by atoms with Gasteiger partial charge in [-0.2, -0.15) is 0 Å². The smallest absolute Gasteiger partial charge is 0.367 e. The lowest BCUT2D eigenvalue weighted by Crippen LogP contribution is -2.03. The lowest BCUT2D eigenvalue weighted by Gasteiger charge is -2.00. The molecule has 0 saturated heterocycles. The first-order valence-corrected chi connectivity index (χ1v) is 7.59. The van der Waals surface area contributed by atoms with E-state index in [2.05, 4.69) is 33.0 Å². The van der Waals surface area contributed by atoms with Gasteiger partial charge in [-0.1, -0.05) is 28.1 Å². The van der Waals surface area contributed by atoms with Crippen molar-refractivity contribution in [3.05, 3.63) is 49.9 Å². The van der Waals surface area contributed by atoms with Gasteiger partial charge in [0, 0.05) is 15.8 Å². The second-order valence-corrected chi connectivity index (χ2v) is 6.05. The normalized spacial score (nSPS) is 10.5.